The lowest BCUT2D eigenvalue weighted by molar-refractivity contribution is -0.140. The van der Waals surface area contributed by atoms with Gasteiger partial charge in [0.25, 0.3) is 0 Å². The molecule has 138 valence electrons. The largest absolute Gasteiger partial charge is 0.469 e. The normalized spacial score (nSPS) is 11.0. The van der Waals surface area contributed by atoms with Crippen LogP contribution in [0.15, 0.2) is 11.1 Å². The molecule has 0 spiro atoms. The number of hydrogen-bond donors (Lipinski definition) is 2. The number of carbonyl (C=O) groups excluding carboxylic acids is 1. The highest BCUT2D eigenvalue weighted by Crippen LogP contribution is 2.24. The predicted octanol–water partition coefficient (Wildman–Crippen LogP) is 3.35. The summed E-state index contributed by atoms with van der Waals surface area (Å²) in [6.07, 6.45) is 3.22. The first kappa shape index (κ1) is 23.3. The van der Waals surface area contributed by atoms with Crippen molar-refractivity contribution < 1.29 is 9.53 Å². The molecule has 0 amide bonds. The number of unbranched alkanes of at least 4 members (excludes halogenated alkanes) is 2. The molecule has 6 nitrogen and oxygen atoms in total. The first-order chi connectivity index (χ1) is 11.0. The molecule has 0 atom stereocenters. The molecule has 1 aromatic rings. The lowest BCUT2D eigenvalue weighted by Gasteiger charge is -2.12. The second kappa shape index (κ2) is 12.7. The molecule has 0 aliphatic carbocycles. The molecular weight excluding hydrogens is 466 g/mol. The van der Waals surface area contributed by atoms with Crippen LogP contribution in [-0.2, 0) is 23.1 Å². The van der Waals surface area contributed by atoms with Crippen LogP contribution in [0.4, 0.5) is 0 Å². The summed E-state index contributed by atoms with van der Waals surface area (Å²) in [5.41, 5.74) is 0.973. The van der Waals surface area contributed by atoms with Gasteiger partial charge in [0.1, 0.15) is 5.15 Å². The number of nitrogens with one attached hydrogen (secondary N) is 2. The average molecular weight is 491 g/mol. The third-order valence-corrected chi connectivity index (χ3v) is 4.30. The Morgan fingerprint density at radius 1 is 1.29 bits per heavy atom. The summed E-state index contributed by atoms with van der Waals surface area (Å²) in [4.78, 5) is 15.2. The SMILES string of the molecule is CN=C(NCCCCCC(=O)OC)NCc1cc(Cl)c(Cl)n1C.I. The zero-order valence-electron chi connectivity index (χ0n) is 14.2. The molecule has 0 fully saturated rings. The van der Waals surface area contributed by atoms with Gasteiger partial charge in [0.15, 0.2) is 5.96 Å². The van der Waals surface area contributed by atoms with Crippen LogP contribution < -0.4 is 10.6 Å². The molecule has 0 saturated heterocycles. The van der Waals surface area contributed by atoms with Crippen LogP contribution >= 0.6 is 47.2 Å². The quantitative estimate of drug-likeness (QED) is 0.193. The Labute approximate surface area is 170 Å². The molecule has 1 heterocycles. The van der Waals surface area contributed by atoms with E-state index in [1.807, 2.05) is 17.7 Å². The van der Waals surface area contributed by atoms with E-state index < -0.39 is 0 Å². The Balaban J connectivity index is 0.00000529. The number of aromatic nitrogens is 1. The van der Waals surface area contributed by atoms with Gasteiger partial charge in [0.2, 0.25) is 0 Å². The van der Waals surface area contributed by atoms with Gasteiger partial charge in [-0.3, -0.25) is 9.79 Å². The van der Waals surface area contributed by atoms with Crippen LogP contribution in [0, 0.1) is 0 Å². The predicted molar refractivity (Wildman–Crippen MR) is 110 cm³/mol. The first-order valence-electron chi connectivity index (χ1n) is 7.50. The second-order valence-corrected chi connectivity index (χ2v) is 5.84. The number of guanidine groups is 1. The number of carbonyl (C=O) groups is 1. The van der Waals surface area contributed by atoms with Crippen LogP contribution in [0.3, 0.4) is 0 Å². The van der Waals surface area contributed by atoms with Crippen LogP contribution in [0.2, 0.25) is 10.2 Å². The number of ether oxygens (including phenoxy) is 1. The minimum atomic E-state index is -0.157. The molecule has 1 rings (SSSR count). The number of aliphatic imine (C=N–C) groups is 1. The molecule has 1 aromatic heterocycles. The number of rotatable bonds is 8. The van der Waals surface area contributed by atoms with E-state index >= 15 is 0 Å². The van der Waals surface area contributed by atoms with Crippen molar-refractivity contribution in [1.29, 1.82) is 0 Å². The van der Waals surface area contributed by atoms with Crippen molar-refractivity contribution in [3.63, 3.8) is 0 Å². The number of nitrogens with zero attached hydrogens (tertiary/aromatic N) is 2. The molecule has 9 heteroatoms. The zero-order valence-corrected chi connectivity index (χ0v) is 18.0. The maximum Gasteiger partial charge on any atom is 0.305 e. The summed E-state index contributed by atoms with van der Waals surface area (Å²) in [6.45, 7) is 1.36. The molecule has 0 aliphatic rings. The van der Waals surface area contributed by atoms with Crippen LogP contribution in [0.1, 0.15) is 31.4 Å². The van der Waals surface area contributed by atoms with Crippen molar-refractivity contribution in [2.45, 2.75) is 32.2 Å². The Morgan fingerprint density at radius 2 is 2.00 bits per heavy atom. The van der Waals surface area contributed by atoms with E-state index in [1.54, 1.807) is 7.05 Å². The average Bonchev–Trinajstić information content (AvgIpc) is 2.80. The third kappa shape index (κ3) is 7.94. The van der Waals surface area contributed by atoms with E-state index in [9.17, 15) is 4.79 Å². The van der Waals surface area contributed by atoms with Crippen molar-refractivity contribution in [2.24, 2.45) is 12.0 Å². The number of esters is 1. The first-order valence-corrected chi connectivity index (χ1v) is 8.26. The number of methoxy groups -OCH3 is 1. The minimum absolute atomic E-state index is 0. The summed E-state index contributed by atoms with van der Waals surface area (Å²) >= 11 is 12.0. The summed E-state index contributed by atoms with van der Waals surface area (Å²) in [5, 5.41) is 7.51. The molecule has 2 N–H and O–H groups in total. The smallest absolute Gasteiger partial charge is 0.305 e. The number of hydrogen-bond acceptors (Lipinski definition) is 3. The van der Waals surface area contributed by atoms with Gasteiger partial charge >= 0.3 is 5.97 Å². The fourth-order valence-corrected chi connectivity index (χ4v) is 2.45. The summed E-state index contributed by atoms with van der Waals surface area (Å²) in [7, 11) is 4.99. The summed E-state index contributed by atoms with van der Waals surface area (Å²) in [6, 6.07) is 1.83. The van der Waals surface area contributed by atoms with E-state index in [2.05, 4.69) is 20.4 Å². The third-order valence-electron chi connectivity index (χ3n) is 3.45. The molecule has 0 aromatic carbocycles. The van der Waals surface area contributed by atoms with E-state index in [0.717, 1.165) is 31.5 Å². The fraction of sp³-hybridized carbons (Fsp3) is 0.600. The van der Waals surface area contributed by atoms with E-state index in [4.69, 9.17) is 23.2 Å². The van der Waals surface area contributed by atoms with Gasteiger partial charge in [0, 0.05) is 32.8 Å². The van der Waals surface area contributed by atoms with Crippen molar-refractivity contribution in [1.82, 2.24) is 15.2 Å². The van der Waals surface area contributed by atoms with Gasteiger partial charge in [0.05, 0.1) is 18.7 Å². The Kier molecular flexibility index (Phi) is 12.3. The highest BCUT2D eigenvalue weighted by molar-refractivity contribution is 14.0. The highest BCUT2D eigenvalue weighted by atomic mass is 127. The van der Waals surface area contributed by atoms with Crippen LogP contribution in [0.5, 0.6) is 0 Å². The van der Waals surface area contributed by atoms with Crippen molar-refractivity contribution in [2.75, 3.05) is 20.7 Å². The topological polar surface area (TPSA) is 67.7 Å². The fourth-order valence-electron chi connectivity index (χ4n) is 2.03. The molecule has 24 heavy (non-hydrogen) atoms. The van der Waals surface area contributed by atoms with E-state index in [-0.39, 0.29) is 29.9 Å². The summed E-state index contributed by atoms with van der Waals surface area (Å²) in [5.74, 6) is 0.557. The Hall–Kier alpha value is -0.670. The minimum Gasteiger partial charge on any atom is -0.469 e. The highest BCUT2D eigenvalue weighted by Gasteiger charge is 2.09. The lowest BCUT2D eigenvalue weighted by Crippen LogP contribution is -2.37. The van der Waals surface area contributed by atoms with Crippen LogP contribution in [-0.4, -0.2) is 37.2 Å². The van der Waals surface area contributed by atoms with Crippen molar-refractivity contribution >= 4 is 59.1 Å². The zero-order chi connectivity index (χ0) is 17.2. The van der Waals surface area contributed by atoms with Gasteiger partial charge in [-0.05, 0) is 18.9 Å². The monoisotopic (exact) mass is 490 g/mol. The molecule has 0 bridgehead atoms. The molecule has 0 radical (unpaired) electrons. The van der Waals surface area contributed by atoms with Crippen LogP contribution in [0.25, 0.3) is 0 Å². The van der Waals surface area contributed by atoms with Crippen molar-refractivity contribution in [3.8, 4) is 0 Å². The van der Waals surface area contributed by atoms with Gasteiger partial charge in [-0.2, -0.15) is 0 Å². The number of halogens is 3. The maximum absolute atomic E-state index is 11.0. The Morgan fingerprint density at radius 3 is 2.54 bits per heavy atom. The molecule has 0 unspecified atom stereocenters. The van der Waals surface area contributed by atoms with Gasteiger partial charge in [-0.15, -0.1) is 24.0 Å². The molecule has 0 saturated carbocycles. The van der Waals surface area contributed by atoms with Gasteiger partial charge in [-0.1, -0.05) is 29.6 Å². The van der Waals surface area contributed by atoms with Crippen molar-refractivity contribution in [3.05, 3.63) is 21.9 Å². The van der Waals surface area contributed by atoms with E-state index in [1.165, 1.54) is 7.11 Å². The van der Waals surface area contributed by atoms with E-state index in [0.29, 0.717) is 29.1 Å². The second-order valence-electron chi connectivity index (χ2n) is 5.07. The standard InChI is InChI=1S/C15H24Cl2N4O2.HI/c1-18-15(19-8-6-4-5-7-13(22)23-3)20-10-11-9-12(16)14(17)21(11)2;/h9H,4-8,10H2,1-3H3,(H2,18,19,20);1H. The maximum atomic E-state index is 11.0. The molecular formula is C15H25Cl2IN4O2. The summed E-state index contributed by atoms with van der Waals surface area (Å²) < 4.78 is 6.43. The lowest BCUT2D eigenvalue weighted by atomic mass is 10.2. The van der Waals surface area contributed by atoms with Gasteiger partial charge < -0.3 is 19.9 Å². The van der Waals surface area contributed by atoms with Gasteiger partial charge in [-0.25, -0.2) is 0 Å². The molecule has 0 aliphatic heterocycles. The Bertz CT molecular complexity index is 550.